The molecule has 7 nitrogen and oxygen atoms in total. The number of carbonyl (C=O) groups excluding carboxylic acids is 1. The number of ether oxygens (including phenoxy) is 1. The van der Waals surface area contributed by atoms with Crippen LogP contribution in [0.3, 0.4) is 0 Å². The molecule has 2 rings (SSSR count). The van der Waals surface area contributed by atoms with Crippen molar-refractivity contribution < 1.29 is 18.8 Å². The molecule has 0 unspecified atom stereocenters. The van der Waals surface area contributed by atoms with E-state index in [1.807, 2.05) is 0 Å². The first kappa shape index (κ1) is 18.1. The Morgan fingerprint density at radius 3 is 2.64 bits per heavy atom. The highest BCUT2D eigenvalue weighted by atomic mass is 35.5. The molecular weight excluding hydrogens is 317 g/mol. The Morgan fingerprint density at radius 2 is 2.09 bits per heavy atom. The molecule has 0 spiro atoms. The highest BCUT2D eigenvalue weighted by Gasteiger charge is 2.21. The minimum Gasteiger partial charge on any atom is -0.484 e. The van der Waals surface area contributed by atoms with Crippen LogP contribution in [0.5, 0.6) is 5.75 Å². The average Bonchev–Trinajstić information content (AvgIpc) is 2.45. The normalized spacial score (nSPS) is 15.1. The Morgan fingerprint density at radius 1 is 1.45 bits per heavy atom. The fourth-order valence-corrected chi connectivity index (χ4v) is 2.11. The van der Waals surface area contributed by atoms with Gasteiger partial charge in [-0.05, 0) is 18.9 Å². The van der Waals surface area contributed by atoms with Gasteiger partial charge in [0.2, 0.25) is 5.82 Å². The fourth-order valence-electron chi connectivity index (χ4n) is 2.11. The lowest BCUT2D eigenvalue weighted by Gasteiger charge is -2.30. The van der Waals surface area contributed by atoms with Gasteiger partial charge in [-0.25, -0.2) is 0 Å². The van der Waals surface area contributed by atoms with Crippen molar-refractivity contribution in [2.24, 2.45) is 5.73 Å². The zero-order valence-electron chi connectivity index (χ0n) is 11.7. The number of amides is 1. The lowest BCUT2D eigenvalue weighted by atomic mass is 10.1. The Hall–Kier alpha value is -1.93. The van der Waals surface area contributed by atoms with Gasteiger partial charge in [-0.3, -0.25) is 14.9 Å². The van der Waals surface area contributed by atoms with Crippen LogP contribution < -0.4 is 10.5 Å². The summed E-state index contributed by atoms with van der Waals surface area (Å²) in [5.74, 6) is -1.12. The molecule has 1 aliphatic heterocycles. The van der Waals surface area contributed by atoms with Crippen molar-refractivity contribution in [3.63, 3.8) is 0 Å². The minimum absolute atomic E-state index is 0. The molecule has 0 radical (unpaired) electrons. The van der Waals surface area contributed by atoms with Crippen LogP contribution >= 0.6 is 12.4 Å². The molecule has 0 saturated carbocycles. The van der Waals surface area contributed by atoms with Crippen molar-refractivity contribution in [1.82, 2.24) is 4.90 Å². The molecule has 0 bridgehead atoms. The Kier molecular flexibility index (Phi) is 6.51. The number of halogens is 2. The fraction of sp³-hybridized carbons (Fsp3) is 0.462. The van der Waals surface area contributed by atoms with E-state index in [0.29, 0.717) is 13.1 Å². The standard InChI is InChI=1S/C13H16FN3O4.ClH/c14-11-7-10(1-2-12(11)17(19)20)21-8-13(18)16-5-3-9(15)4-6-16;/h1-2,7,9H,3-6,8,15H2;1H. The van der Waals surface area contributed by atoms with Crippen LogP contribution in [0.4, 0.5) is 10.1 Å². The Labute approximate surface area is 132 Å². The SMILES string of the molecule is Cl.NC1CCN(C(=O)COc2ccc([N+](=O)[O-])c(F)c2)CC1. The maximum Gasteiger partial charge on any atom is 0.305 e. The first-order valence-corrected chi connectivity index (χ1v) is 6.57. The predicted molar refractivity (Wildman–Crippen MR) is 79.6 cm³/mol. The van der Waals surface area contributed by atoms with Crippen molar-refractivity contribution >= 4 is 24.0 Å². The molecule has 1 heterocycles. The molecule has 1 aromatic carbocycles. The lowest BCUT2D eigenvalue weighted by Crippen LogP contribution is -2.44. The van der Waals surface area contributed by atoms with Gasteiger partial charge in [0, 0.05) is 31.3 Å². The van der Waals surface area contributed by atoms with E-state index in [-0.39, 0.29) is 36.7 Å². The second-order valence-corrected chi connectivity index (χ2v) is 4.88. The molecule has 1 amide bonds. The zero-order chi connectivity index (χ0) is 15.4. The Balaban J connectivity index is 0.00000242. The number of carbonyl (C=O) groups is 1. The number of nitrogens with zero attached hydrogens (tertiary/aromatic N) is 2. The molecule has 0 aromatic heterocycles. The van der Waals surface area contributed by atoms with Crippen LogP contribution in [-0.4, -0.2) is 41.5 Å². The molecule has 1 aromatic rings. The van der Waals surface area contributed by atoms with E-state index in [1.165, 1.54) is 6.07 Å². The summed E-state index contributed by atoms with van der Waals surface area (Å²) in [5, 5.41) is 10.5. The smallest absolute Gasteiger partial charge is 0.305 e. The van der Waals surface area contributed by atoms with Crippen LogP contribution in [0.2, 0.25) is 0 Å². The summed E-state index contributed by atoms with van der Waals surface area (Å²) in [7, 11) is 0. The first-order chi connectivity index (χ1) is 9.97. The van der Waals surface area contributed by atoms with Crippen LogP contribution in [0, 0.1) is 15.9 Å². The van der Waals surface area contributed by atoms with Crippen LogP contribution in [0.1, 0.15) is 12.8 Å². The molecule has 2 N–H and O–H groups in total. The van der Waals surface area contributed by atoms with E-state index >= 15 is 0 Å². The van der Waals surface area contributed by atoms with E-state index in [4.69, 9.17) is 10.5 Å². The maximum atomic E-state index is 13.4. The molecule has 1 saturated heterocycles. The van der Waals surface area contributed by atoms with Gasteiger partial charge < -0.3 is 15.4 Å². The number of rotatable bonds is 4. The zero-order valence-corrected chi connectivity index (χ0v) is 12.6. The molecule has 0 aliphatic carbocycles. The second-order valence-electron chi connectivity index (χ2n) is 4.88. The summed E-state index contributed by atoms with van der Waals surface area (Å²) >= 11 is 0. The van der Waals surface area contributed by atoms with Gasteiger partial charge in [-0.2, -0.15) is 4.39 Å². The van der Waals surface area contributed by atoms with E-state index in [0.717, 1.165) is 25.0 Å². The summed E-state index contributed by atoms with van der Waals surface area (Å²) in [6.07, 6.45) is 1.50. The van der Waals surface area contributed by atoms with E-state index in [2.05, 4.69) is 0 Å². The second kappa shape index (κ2) is 7.90. The number of benzene rings is 1. The van der Waals surface area contributed by atoms with Crippen LogP contribution in [0.25, 0.3) is 0 Å². The Bertz CT molecular complexity index is 550. The number of nitro benzene ring substituents is 1. The van der Waals surface area contributed by atoms with Crippen LogP contribution in [0.15, 0.2) is 18.2 Å². The van der Waals surface area contributed by atoms with Gasteiger partial charge in [-0.15, -0.1) is 12.4 Å². The summed E-state index contributed by atoms with van der Waals surface area (Å²) < 4.78 is 18.6. The van der Waals surface area contributed by atoms with E-state index in [9.17, 15) is 19.3 Å². The molecule has 9 heteroatoms. The van der Waals surface area contributed by atoms with Gasteiger partial charge in [0.1, 0.15) is 5.75 Å². The number of hydrogen-bond acceptors (Lipinski definition) is 5. The minimum atomic E-state index is -0.992. The van der Waals surface area contributed by atoms with Gasteiger partial charge in [-0.1, -0.05) is 0 Å². The van der Waals surface area contributed by atoms with Crippen molar-refractivity contribution in [3.8, 4) is 5.75 Å². The molecule has 1 fully saturated rings. The molecule has 22 heavy (non-hydrogen) atoms. The number of nitro groups is 1. The van der Waals surface area contributed by atoms with Gasteiger partial charge in [0.15, 0.2) is 6.61 Å². The number of nitrogens with two attached hydrogens (primary N) is 1. The lowest BCUT2D eigenvalue weighted by molar-refractivity contribution is -0.387. The van der Waals surface area contributed by atoms with E-state index in [1.54, 1.807) is 4.90 Å². The van der Waals surface area contributed by atoms with Crippen molar-refractivity contribution in [1.29, 1.82) is 0 Å². The largest absolute Gasteiger partial charge is 0.484 e. The molecule has 122 valence electrons. The predicted octanol–water partition coefficient (Wildman–Crippen LogP) is 1.48. The molecular formula is C13H17ClFN3O4. The number of piperidine rings is 1. The summed E-state index contributed by atoms with van der Waals surface area (Å²) in [4.78, 5) is 23.2. The highest BCUT2D eigenvalue weighted by molar-refractivity contribution is 5.85. The van der Waals surface area contributed by atoms with Gasteiger partial charge >= 0.3 is 5.69 Å². The number of hydrogen-bond donors (Lipinski definition) is 1. The molecule has 0 atom stereocenters. The van der Waals surface area contributed by atoms with Gasteiger partial charge in [0.05, 0.1) is 4.92 Å². The average molecular weight is 334 g/mol. The topological polar surface area (TPSA) is 98.7 Å². The summed E-state index contributed by atoms with van der Waals surface area (Å²) in [6.45, 7) is 0.933. The third-order valence-electron chi connectivity index (χ3n) is 3.37. The highest BCUT2D eigenvalue weighted by Crippen LogP contribution is 2.22. The van der Waals surface area contributed by atoms with E-state index < -0.39 is 16.4 Å². The monoisotopic (exact) mass is 333 g/mol. The summed E-state index contributed by atoms with van der Waals surface area (Å²) in [6, 6.07) is 3.30. The van der Waals surface area contributed by atoms with Crippen LogP contribution in [-0.2, 0) is 4.79 Å². The third-order valence-corrected chi connectivity index (χ3v) is 3.37. The van der Waals surface area contributed by atoms with Crippen molar-refractivity contribution in [3.05, 3.63) is 34.1 Å². The molecule has 1 aliphatic rings. The maximum absolute atomic E-state index is 13.4. The number of likely N-dealkylation sites (tertiary alicyclic amines) is 1. The van der Waals surface area contributed by atoms with Gasteiger partial charge in [0.25, 0.3) is 5.91 Å². The first-order valence-electron chi connectivity index (χ1n) is 6.57. The van der Waals surface area contributed by atoms with Crippen molar-refractivity contribution in [2.45, 2.75) is 18.9 Å². The van der Waals surface area contributed by atoms with Crippen molar-refractivity contribution in [2.75, 3.05) is 19.7 Å². The quantitative estimate of drug-likeness (QED) is 0.664. The summed E-state index contributed by atoms with van der Waals surface area (Å²) in [5.41, 5.74) is 5.13. The third kappa shape index (κ3) is 4.54.